The molecule has 82 heavy (non-hydrogen) atoms. The van der Waals surface area contributed by atoms with E-state index in [0.717, 1.165) is 49.7 Å². The zero-order valence-corrected chi connectivity index (χ0v) is 49.9. The van der Waals surface area contributed by atoms with Crippen molar-refractivity contribution >= 4 is 64.6 Å². The van der Waals surface area contributed by atoms with Crippen LogP contribution in [0.25, 0.3) is 0 Å². The first kappa shape index (κ1) is 72.8. The number of amides is 2. The summed E-state index contributed by atoms with van der Waals surface area (Å²) in [6.07, 6.45) is 9.24. The number of carbonyl (C=O) groups is 7. The van der Waals surface area contributed by atoms with E-state index in [2.05, 4.69) is 35.9 Å². The number of nitrogens with one attached hydrogen (secondary N) is 3. The zero-order chi connectivity index (χ0) is 61.4. The van der Waals surface area contributed by atoms with Crippen LogP contribution >= 0.6 is 0 Å². The van der Waals surface area contributed by atoms with E-state index in [0.29, 0.717) is 84.1 Å². The lowest BCUT2D eigenvalue weighted by molar-refractivity contribution is -0.134. The number of hydrogen-bond donors (Lipinski definition) is 11. The maximum atomic E-state index is 14.1. The zero-order valence-electron chi connectivity index (χ0n) is 49.9. The van der Waals surface area contributed by atoms with Crippen LogP contribution in [0.15, 0.2) is 80.6 Å². The highest BCUT2D eigenvalue weighted by Gasteiger charge is 2.32. The lowest BCUT2D eigenvalue weighted by atomic mass is 9.84. The Kier molecular flexibility index (Phi) is 37.8. The van der Waals surface area contributed by atoms with Crippen molar-refractivity contribution in [1.82, 2.24) is 16.0 Å². The van der Waals surface area contributed by atoms with Crippen LogP contribution in [0.4, 0.5) is 0 Å². The van der Waals surface area contributed by atoms with E-state index in [-0.39, 0.29) is 108 Å². The van der Waals surface area contributed by atoms with E-state index in [4.69, 9.17) is 45.9 Å². The largest absolute Gasteiger partial charge is 0.370 e. The number of Topliss-reactive ketones (excluding diaryl/α,β-unsaturated/α-hetero) is 5. The van der Waals surface area contributed by atoms with Crippen molar-refractivity contribution in [1.29, 1.82) is 0 Å². The Hall–Kier alpha value is -7.23. The molecule has 0 aliphatic heterocycles. The van der Waals surface area contributed by atoms with Crippen LogP contribution in [0, 0.1) is 35.5 Å². The minimum atomic E-state index is -0.895. The van der Waals surface area contributed by atoms with E-state index < -0.39 is 29.8 Å². The molecule has 0 aliphatic carbocycles. The van der Waals surface area contributed by atoms with Gasteiger partial charge in [-0.05, 0) is 102 Å². The molecule has 0 bridgehead atoms. The van der Waals surface area contributed by atoms with Crippen LogP contribution in [0.3, 0.4) is 0 Å². The van der Waals surface area contributed by atoms with Gasteiger partial charge in [-0.2, -0.15) is 0 Å². The highest BCUT2D eigenvalue weighted by atomic mass is 16.2. The highest BCUT2D eigenvalue weighted by molar-refractivity contribution is 5.95. The van der Waals surface area contributed by atoms with Gasteiger partial charge in [-0.3, -0.25) is 53.5 Å². The number of benzene rings is 2. The van der Waals surface area contributed by atoms with Crippen molar-refractivity contribution in [2.75, 3.05) is 39.8 Å². The van der Waals surface area contributed by atoms with E-state index in [1.54, 1.807) is 7.05 Å². The van der Waals surface area contributed by atoms with E-state index in [1.165, 1.54) is 0 Å². The topological polar surface area (TPSA) is 413 Å². The molecule has 458 valence electrons. The molecule has 6 atom stereocenters. The molecular weight excluding hydrogens is 1040 g/mol. The molecule has 2 aromatic rings. The maximum absolute atomic E-state index is 14.1. The number of guanidine groups is 4. The van der Waals surface area contributed by atoms with Gasteiger partial charge in [0.1, 0.15) is 17.3 Å². The molecule has 6 unspecified atom stereocenters. The summed E-state index contributed by atoms with van der Waals surface area (Å²) in [6, 6.07) is 17.5. The standard InChI is InChI=1S/C36H54N8O4.C24H47N7O3/c1-24(2)33(47)27(16-10-18-42-35(37)38)22-32(46)30(21-26-14-8-5-9-15-26)44-34(48)28(20-25-12-6-4-7-13-25)23-31(45)29(41-3)17-11-19-43-36(39)40;1-4-18(10-8-14-30-23(25)26)22(34)29-13-7-5-6-12-20(32)16-19(21(33)17(2)3)11-9-15-31-24(27)28/h4-9,12-15,24,27-30,41H,10-11,16-23H2,1-3H3,(H,44,48)(H4,37,38,42)(H4,39,40,43);17-19H,4-16H2,1-3H3,(H,29,34)(H4,25,26,30)(H4,27,28,31). The normalized spacial score (nSPS) is 13.1. The number of aliphatic imine (C=N–C) groups is 4. The molecule has 0 aliphatic rings. The molecular formula is C60H101N15O7. The second-order valence-corrected chi connectivity index (χ2v) is 21.6. The van der Waals surface area contributed by atoms with Crippen LogP contribution < -0.4 is 61.8 Å². The van der Waals surface area contributed by atoms with Gasteiger partial charge in [0.2, 0.25) is 11.8 Å². The summed E-state index contributed by atoms with van der Waals surface area (Å²) in [7, 11) is 1.70. The third kappa shape index (κ3) is 33.5. The lowest BCUT2D eigenvalue weighted by Gasteiger charge is -2.25. The van der Waals surface area contributed by atoms with Gasteiger partial charge >= 0.3 is 0 Å². The third-order valence-electron chi connectivity index (χ3n) is 14.0. The number of nitrogens with two attached hydrogens (primary N) is 8. The number of nitrogens with zero attached hydrogens (tertiary/aromatic N) is 4. The second-order valence-electron chi connectivity index (χ2n) is 21.6. The first-order valence-electron chi connectivity index (χ1n) is 29.2. The van der Waals surface area contributed by atoms with Gasteiger partial charge in [0, 0.05) is 93.9 Å². The van der Waals surface area contributed by atoms with Crippen molar-refractivity contribution in [3.05, 3.63) is 71.8 Å². The summed E-state index contributed by atoms with van der Waals surface area (Å²) >= 11 is 0. The summed E-state index contributed by atoms with van der Waals surface area (Å²) in [4.78, 5) is 108. The number of carbonyl (C=O) groups excluding carboxylic acids is 7. The minimum absolute atomic E-state index is 0.00706. The number of ketones is 5. The quantitative estimate of drug-likeness (QED) is 0.0257. The molecule has 0 saturated carbocycles. The average molecular weight is 1140 g/mol. The maximum Gasteiger partial charge on any atom is 0.224 e. The fourth-order valence-electron chi connectivity index (χ4n) is 9.43. The van der Waals surface area contributed by atoms with Crippen molar-refractivity contribution in [2.45, 2.75) is 162 Å². The summed E-state index contributed by atoms with van der Waals surface area (Å²) in [6.45, 7) is 11.6. The molecule has 0 saturated heterocycles. The molecule has 2 amide bonds. The Labute approximate surface area is 487 Å². The number of hydrogen-bond acceptors (Lipinski definition) is 12. The van der Waals surface area contributed by atoms with Crippen LogP contribution in [0.5, 0.6) is 0 Å². The molecule has 19 N–H and O–H groups in total. The fraction of sp³-hybridized carbons (Fsp3) is 0.617. The Balaban J connectivity index is 0.000000873. The van der Waals surface area contributed by atoms with Crippen molar-refractivity contribution < 1.29 is 33.6 Å². The molecule has 2 rings (SSSR count). The molecule has 22 heteroatoms. The monoisotopic (exact) mass is 1140 g/mol. The van der Waals surface area contributed by atoms with Crippen LogP contribution in [0.1, 0.15) is 148 Å². The predicted octanol–water partition coefficient (Wildman–Crippen LogP) is 3.62. The van der Waals surface area contributed by atoms with Gasteiger partial charge < -0.3 is 61.8 Å². The first-order valence-corrected chi connectivity index (χ1v) is 29.2. The molecule has 0 fully saturated rings. The lowest BCUT2D eigenvalue weighted by Crippen LogP contribution is -2.47. The van der Waals surface area contributed by atoms with Crippen molar-refractivity contribution in [2.24, 2.45) is 101 Å². The summed E-state index contributed by atoms with van der Waals surface area (Å²) in [5.41, 5.74) is 44.8. The van der Waals surface area contributed by atoms with Crippen LogP contribution in [0.2, 0.25) is 0 Å². The van der Waals surface area contributed by atoms with Crippen molar-refractivity contribution in [3.63, 3.8) is 0 Å². The van der Waals surface area contributed by atoms with Gasteiger partial charge in [-0.25, -0.2) is 0 Å². The van der Waals surface area contributed by atoms with Crippen LogP contribution in [-0.2, 0) is 46.4 Å². The number of unbranched alkanes of at least 4 members (excludes halogenated alkanes) is 2. The van der Waals surface area contributed by atoms with Gasteiger partial charge in [0.15, 0.2) is 35.4 Å². The number of likely N-dealkylation sites (N-methyl/N-ethyl adjacent to an activating group) is 1. The molecule has 0 aromatic heterocycles. The van der Waals surface area contributed by atoms with Gasteiger partial charge in [-0.15, -0.1) is 0 Å². The van der Waals surface area contributed by atoms with E-state index >= 15 is 0 Å². The van der Waals surface area contributed by atoms with Gasteiger partial charge in [0.25, 0.3) is 0 Å². The molecule has 0 radical (unpaired) electrons. The van der Waals surface area contributed by atoms with Crippen LogP contribution in [-0.4, -0.2) is 116 Å². The molecule has 0 heterocycles. The molecule has 0 spiro atoms. The van der Waals surface area contributed by atoms with E-state index in [1.807, 2.05) is 95.3 Å². The average Bonchev–Trinajstić information content (AvgIpc) is 3.50. The fourth-order valence-corrected chi connectivity index (χ4v) is 9.43. The summed E-state index contributed by atoms with van der Waals surface area (Å²) in [5, 5.41) is 9.04. The third-order valence-corrected chi connectivity index (χ3v) is 14.0. The Bertz CT molecular complexity index is 2330. The minimum Gasteiger partial charge on any atom is -0.370 e. The SMILES string of the molecule is CCC(CCCN=C(N)N)C(=O)NCCCCCC(=O)CC(CCCN=C(N)N)C(=O)C(C)C.CNC(CCCN=C(N)N)C(=O)CC(Cc1ccccc1)C(=O)NC(Cc1ccccc1)C(=O)CC(CCCN=C(N)N)C(=O)C(C)C. The first-order chi connectivity index (χ1) is 39.0. The van der Waals surface area contributed by atoms with Gasteiger partial charge in [-0.1, -0.05) is 102 Å². The summed E-state index contributed by atoms with van der Waals surface area (Å²) < 4.78 is 0. The smallest absolute Gasteiger partial charge is 0.224 e. The Morgan fingerprint density at radius 3 is 1.32 bits per heavy atom. The molecule has 2 aromatic carbocycles. The van der Waals surface area contributed by atoms with Gasteiger partial charge in [0.05, 0.1) is 12.1 Å². The van der Waals surface area contributed by atoms with Crippen molar-refractivity contribution in [3.8, 4) is 0 Å². The molecule has 22 nitrogen and oxygen atoms in total. The highest BCUT2D eigenvalue weighted by Crippen LogP contribution is 2.23. The summed E-state index contributed by atoms with van der Waals surface area (Å²) in [5.74, 6) is -2.41. The van der Waals surface area contributed by atoms with E-state index in [9.17, 15) is 33.6 Å². The Morgan fingerprint density at radius 1 is 0.463 bits per heavy atom. The second kappa shape index (κ2) is 42.6. The number of rotatable bonds is 43. The predicted molar refractivity (Wildman–Crippen MR) is 329 cm³/mol. The Morgan fingerprint density at radius 2 is 0.878 bits per heavy atom.